The number of carboxylic acid groups (broad SMARTS) is 1. The van der Waals surface area contributed by atoms with Gasteiger partial charge >= 0.3 is 5.97 Å². The third-order valence-corrected chi connectivity index (χ3v) is 4.58. The minimum Gasteiger partial charge on any atom is -0.479 e. The van der Waals surface area contributed by atoms with Crippen molar-refractivity contribution in [2.75, 3.05) is 12.4 Å². The van der Waals surface area contributed by atoms with Crippen molar-refractivity contribution in [3.05, 3.63) is 0 Å². The monoisotopic (exact) mass is 262 g/mol. The Bertz CT molecular complexity index is 239. The number of hydrogen-bond donors (Lipinski definition) is 1. The molecule has 1 unspecified atom stereocenters. The van der Waals surface area contributed by atoms with Crippen LogP contribution in [0.15, 0.2) is 0 Å². The molecule has 0 aliphatic heterocycles. The van der Waals surface area contributed by atoms with Crippen LogP contribution in [0.25, 0.3) is 0 Å². The molecule has 100 valence electrons. The molecule has 0 saturated heterocycles. The summed E-state index contributed by atoms with van der Waals surface area (Å²) in [4.78, 5) is 21.0. The zero-order valence-corrected chi connectivity index (χ0v) is 11.6. The van der Waals surface area contributed by atoms with Crippen LogP contribution in [0.1, 0.15) is 40.0 Å². The number of thioether (sulfide) groups is 1. The number of carbonyl (C=O) groups excluding carboxylic acids is 1. The standard InChI is InChI=1S/C12H22O4S/c1-4-12(3,5-2)17-9-8-16-10(6-7-13)11(14)15/h7,10H,4-6,8-9H2,1-3H3,(H,14,15). The van der Waals surface area contributed by atoms with Gasteiger partial charge in [0.05, 0.1) is 6.61 Å². The van der Waals surface area contributed by atoms with Crippen LogP contribution in [0, 0.1) is 0 Å². The summed E-state index contributed by atoms with van der Waals surface area (Å²) in [5.41, 5.74) is 0. The smallest absolute Gasteiger partial charge is 0.333 e. The van der Waals surface area contributed by atoms with Crippen molar-refractivity contribution >= 4 is 24.0 Å². The molecule has 5 heteroatoms. The Morgan fingerprint density at radius 3 is 2.47 bits per heavy atom. The fourth-order valence-corrected chi connectivity index (χ4v) is 2.34. The number of hydrogen-bond acceptors (Lipinski definition) is 4. The van der Waals surface area contributed by atoms with Gasteiger partial charge in [-0.15, -0.1) is 0 Å². The fraction of sp³-hybridized carbons (Fsp3) is 0.833. The number of ether oxygens (including phenoxy) is 1. The van der Waals surface area contributed by atoms with Crippen LogP contribution in [0.2, 0.25) is 0 Å². The summed E-state index contributed by atoms with van der Waals surface area (Å²) < 4.78 is 5.41. The van der Waals surface area contributed by atoms with Crippen molar-refractivity contribution in [1.29, 1.82) is 0 Å². The van der Waals surface area contributed by atoms with E-state index in [0.717, 1.165) is 18.6 Å². The molecule has 0 aliphatic rings. The summed E-state index contributed by atoms with van der Waals surface area (Å²) in [6, 6.07) is 0. The van der Waals surface area contributed by atoms with Crippen molar-refractivity contribution in [2.24, 2.45) is 0 Å². The maximum absolute atomic E-state index is 10.7. The molecule has 0 aromatic carbocycles. The number of carboxylic acids is 1. The molecule has 0 aromatic heterocycles. The van der Waals surface area contributed by atoms with E-state index in [4.69, 9.17) is 9.84 Å². The van der Waals surface area contributed by atoms with Crippen LogP contribution >= 0.6 is 11.8 Å². The highest BCUT2D eigenvalue weighted by molar-refractivity contribution is 8.00. The number of aldehydes is 1. The van der Waals surface area contributed by atoms with Crippen molar-refractivity contribution in [2.45, 2.75) is 50.9 Å². The molecule has 17 heavy (non-hydrogen) atoms. The Hall–Kier alpha value is -0.550. The zero-order chi connectivity index (χ0) is 13.3. The van der Waals surface area contributed by atoms with Crippen LogP contribution in [0.3, 0.4) is 0 Å². The first-order valence-electron chi connectivity index (χ1n) is 5.91. The van der Waals surface area contributed by atoms with Gasteiger partial charge in [-0.3, -0.25) is 0 Å². The van der Waals surface area contributed by atoms with Gasteiger partial charge in [0.15, 0.2) is 6.10 Å². The first-order valence-corrected chi connectivity index (χ1v) is 6.89. The van der Waals surface area contributed by atoms with Crippen molar-refractivity contribution in [3.63, 3.8) is 0 Å². The number of rotatable bonds is 10. The molecular formula is C12H22O4S. The Morgan fingerprint density at radius 1 is 1.47 bits per heavy atom. The van der Waals surface area contributed by atoms with E-state index in [0.29, 0.717) is 12.9 Å². The second kappa shape index (κ2) is 8.53. The van der Waals surface area contributed by atoms with Crippen molar-refractivity contribution in [3.8, 4) is 0 Å². The molecule has 0 aromatic rings. The molecule has 0 saturated carbocycles. The summed E-state index contributed by atoms with van der Waals surface area (Å²) in [6.07, 6.45) is 1.64. The summed E-state index contributed by atoms with van der Waals surface area (Å²) in [6.45, 7) is 6.84. The van der Waals surface area contributed by atoms with Gasteiger partial charge in [0.2, 0.25) is 0 Å². The molecule has 0 amide bonds. The average Bonchev–Trinajstić information content (AvgIpc) is 2.32. The van der Waals surface area contributed by atoms with Crippen molar-refractivity contribution in [1.82, 2.24) is 0 Å². The maximum Gasteiger partial charge on any atom is 0.333 e. The second-order valence-corrected chi connectivity index (χ2v) is 5.79. The Balaban J connectivity index is 3.89. The van der Waals surface area contributed by atoms with Gasteiger partial charge in [0, 0.05) is 16.9 Å². The minimum atomic E-state index is -1.07. The lowest BCUT2D eigenvalue weighted by molar-refractivity contribution is -0.151. The van der Waals surface area contributed by atoms with E-state index >= 15 is 0 Å². The van der Waals surface area contributed by atoms with Gasteiger partial charge in [0.25, 0.3) is 0 Å². The van der Waals surface area contributed by atoms with Gasteiger partial charge in [-0.2, -0.15) is 11.8 Å². The molecule has 1 N–H and O–H groups in total. The third kappa shape index (κ3) is 6.68. The molecule has 0 fully saturated rings. The van der Waals surface area contributed by atoms with E-state index in [1.165, 1.54) is 0 Å². The number of aliphatic carboxylic acids is 1. The minimum absolute atomic E-state index is 0.0845. The first-order chi connectivity index (χ1) is 7.99. The first kappa shape index (κ1) is 16.4. The van der Waals surface area contributed by atoms with Gasteiger partial charge in [-0.05, 0) is 12.8 Å². The molecule has 0 aliphatic carbocycles. The van der Waals surface area contributed by atoms with Crippen molar-refractivity contribution < 1.29 is 19.4 Å². The van der Waals surface area contributed by atoms with Crippen LogP contribution in [-0.2, 0) is 14.3 Å². The lowest BCUT2D eigenvalue weighted by Crippen LogP contribution is -2.26. The van der Waals surface area contributed by atoms with E-state index in [9.17, 15) is 9.59 Å². The molecular weight excluding hydrogens is 240 g/mol. The highest BCUT2D eigenvalue weighted by atomic mass is 32.2. The molecule has 0 radical (unpaired) electrons. The van der Waals surface area contributed by atoms with Gasteiger partial charge in [-0.25, -0.2) is 4.79 Å². The van der Waals surface area contributed by atoms with E-state index in [1.54, 1.807) is 11.8 Å². The normalized spacial score (nSPS) is 13.4. The van der Waals surface area contributed by atoms with Crippen LogP contribution in [0.4, 0.5) is 0 Å². The Labute approximate surface area is 107 Å². The predicted molar refractivity (Wildman–Crippen MR) is 69.5 cm³/mol. The van der Waals surface area contributed by atoms with E-state index in [1.807, 2.05) is 0 Å². The lowest BCUT2D eigenvalue weighted by Gasteiger charge is -2.26. The predicted octanol–water partition coefficient (Wildman–Crippen LogP) is 2.36. The topological polar surface area (TPSA) is 63.6 Å². The van der Waals surface area contributed by atoms with E-state index in [2.05, 4.69) is 20.8 Å². The van der Waals surface area contributed by atoms with Crippen LogP contribution in [0.5, 0.6) is 0 Å². The summed E-state index contributed by atoms with van der Waals surface area (Å²) in [7, 11) is 0. The molecule has 0 bridgehead atoms. The highest BCUT2D eigenvalue weighted by Gasteiger charge is 2.21. The van der Waals surface area contributed by atoms with E-state index in [-0.39, 0.29) is 11.2 Å². The van der Waals surface area contributed by atoms with E-state index < -0.39 is 12.1 Å². The number of carbonyl (C=O) groups is 2. The second-order valence-electron chi connectivity index (χ2n) is 4.11. The maximum atomic E-state index is 10.7. The van der Waals surface area contributed by atoms with Crippen LogP contribution < -0.4 is 0 Å². The fourth-order valence-electron chi connectivity index (χ4n) is 1.26. The van der Waals surface area contributed by atoms with Gasteiger partial charge < -0.3 is 14.6 Å². The average molecular weight is 262 g/mol. The molecule has 4 nitrogen and oxygen atoms in total. The Morgan fingerprint density at radius 2 is 2.06 bits per heavy atom. The quantitative estimate of drug-likeness (QED) is 0.483. The molecule has 1 atom stereocenters. The molecule has 0 spiro atoms. The SMILES string of the molecule is CCC(C)(CC)SCCOC(CC=O)C(=O)O. The highest BCUT2D eigenvalue weighted by Crippen LogP contribution is 2.31. The van der Waals surface area contributed by atoms with Gasteiger partial charge in [-0.1, -0.05) is 20.8 Å². The summed E-state index contributed by atoms with van der Waals surface area (Å²) in [5, 5.41) is 8.77. The molecule has 0 heterocycles. The Kier molecular flexibility index (Phi) is 8.25. The summed E-state index contributed by atoms with van der Waals surface area (Å²) in [5.74, 6) is -0.322. The van der Waals surface area contributed by atoms with Gasteiger partial charge in [0.1, 0.15) is 6.29 Å². The van der Waals surface area contributed by atoms with Crippen LogP contribution in [-0.4, -0.2) is 40.6 Å². The molecule has 0 rings (SSSR count). The lowest BCUT2D eigenvalue weighted by atomic mass is 10.1. The summed E-state index contributed by atoms with van der Waals surface area (Å²) >= 11 is 1.79. The third-order valence-electron chi connectivity index (χ3n) is 2.93. The largest absolute Gasteiger partial charge is 0.479 e. The zero-order valence-electron chi connectivity index (χ0n) is 10.8.